The van der Waals surface area contributed by atoms with Crippen molar-refractivity contribution in [1.29, 1.82) is 0 Å². The third-order valence-corrected chi connectivity index (χ3v) is 5.01. The van der Waals surface area contributed by atoms with Gasteiger partial charge in [-0.15, -0.1) is 0 Å². The summed E-state index contributed by atoms with van der Waals surface area (Å²) in [6.45, 7) is 6.87. The van der Waals surface area contributed by atoms with Crippen LogP contribution in [0.25, 0.3) is 0 Å². The van der Waals surface area contributed by atoms with E-state index in [-0.39, 0.29) is 0 Å². The molecular formula is C20H31N. The average molecular weight is 285 g/mol. The van der Waals surface area contributed by atoms with Gasteiger partial charge in [-0.2, -0.15) is 0 Å². The van der Waals surface area contributed by atoms with Gasteiger partial charge in [-0.05, 0) is 61.8 Å². The predicted octanol–water partition coefficient (Wildman–Crippen LogP) is 5.47. The molecule has 2 atom stereocenters. The van der Waals surface area contributed by atoms with Gasteiger partial charge in [0, 0.05) is 6.54 Å². The molecule has 0 aromatic heterocycles. The van der Waals surface area contributed by atoms with Gasteiger partial charge in [0.2, 0.25) is 0 Å². The van der Waals surface area contributed by atoms with Crippen molar-refractivity contribution in [2.24, 2.45) is 16.8 Å². The van der Waals surface area contributed by atoms with Crippen molar-refractivity contribution >= 4 is 6.72 Å². The first kappa shape index (κ1) is 16.3. The Kier molecular flexibility index (Phi) is 6.99. The van der Waals surface area contributed by atoms with E-state index in [2.05, 4.69) is 42.9 Å². The summed E-state index contributed by atoms with van der Waals surface area (Å²) in [6.07, 6.45) is 12.2. The molecule has 1 aromatic rings. The number of hydrogen-bond donors (Lipinski definition) is 0. The quantitative estimate of drug-likeness (QED) is 0.443. The first-order valence-electron chi connectivity index (χ1n) is 8.82. The summed E-state index contributed by atoms with van der Waals surface area (Å²) in [5.74, 6) is 1.77. The second kappa shape index (κ2) is 9.02. The number of rotatable bonds is 8. The molecule has 1 nitrogen and oxygen atoms in total. The van der Waals surface area contributed by atoms with Gasteiger partial charge >= 0.3 is 0 Å². The molecule has 0 spiro atoms. The van der Waals surface area contributed by atoms with E-state index >= 15 is 0 Å². The number of aryl methyl sites for hydroxylation is 2. The number of benzene rings is 1. The van der Waals surface area contributed by atoms with Crippen molar-refractivity contribution in [3.8, 4) is 0 Å². The summed E-state index contributed by atoms with van der Waals surface area (Å²) in [5, 5.41) is 0. The summed E-state index contributed by atoms with van der Waals surface area (Å²) >= 11 is 0. The number of aliphatic imine (C=N–C) groups is 1. The Morgan fingerprint density at radius 2 is 1.95 bits per heavy atom. The van der Waals surface area contributed by atoms with Crippen molar-refractivity contribution in [3.63, 3.8) is 0 Å². The van der Waals surface area contributed by atoms with Gasteiger partial charge in [-0.3, -0.25) is 0 Å². The summed E-state index contributed by atoms with van der Waals surface area (Å²) < 4.78 is 0. The fraction of sp³-hybridized carbons (Fsp3) is 0.650. The number of hydrogen-bond acceptors (Lipinski definition) is 1. The monoisotopic (exact) mass is 285 g/mol. The zero-order valence-electron chi connectivity index (χ0n) is 13.7. The van der Waals surface area contributed by atoms with Crippen LogP contribution >= 0.6 is 0 Å². The molecule has 1 saturated carbocycles. The standard InChI is InChI=1S/C20H31N/c1-3-17-10-6-11-18(14-17)8-4-5-9-19-12-7-13-20(15-19)16-21-2/h6,10-11,14,19-20H,2-5,7-9,12-13,15-16H2,1H3. The Morgan fingerprint density at radius 1 is 1.14 bits per heavy atom. The fourth-order valence-corrected chi connectivity index (χ4v) is 3.78. The minimum absolute atomic E-state index is 0.822. The van der Waals surface area contributed by atoms with Crippen molar-refractivity contribution in [2.75, 3.05) is 6.54 Å². The second-order valence-electron chi connectivity index (χ2n) is 6.72. The third-order valence-electron chi connectivity index (χ3n) is 5.01. The van der Waals surface area contributed by atoms with Crippen LogP contribution in [0.2, 0.25) is 0 Å². The van der Waals surface area contributed by atoms with Crippen LogP contribution < -0.4 is 0 Å². The zero-order chi connectivity index (χ0) is 14.9. The van der Waals surface area contributed by atoms with Crippen molar-refractivity contribution in [3.05, 3.63) is 35.4 Å². The molecule has 0 bridgehead atoms. The smallest absolute Gasteiger partial charge is 0.0410 e. The molecule has 1 heteroatoms. The minimum atomic E-state index is 0.822. The highest BCUT2D eigenvalue weighted by Crippen LogP contribution is 2.32. The molecule has 0 N–H and O–H groups in total. The Hall–Kier alpha value is -1.11. The second-order valence-corrected chi connectivity index (χ2v) is 6.72. The van der Waals surface area contributed by atoms with E-state index in [4.69, 9.17) is 0 Å². The SMILES string of the molecule is C=NCC1CCCC(CCCCc2cccc(CC)c2)C1. The van der Waals surface area contributed by atoms with Crippen LogP contribution in [0.15, 0.2) is 29.3 Å². The summed E-state index contributed by atoms with van der Waals surface area (Å²) in [7, 11) is 0. The Balaban J connectivity index is 1.66. The highest BCUT2D eigenvalue weighted by molar-refractivity contribution is 5.23. The minimum Gasteiger partial charge on any atom is -0.301 e. The number of unbranched alkanes of at least 4 members (excludes halogenated alkanes) is 1. The summed E-state index contributed by atoms with van der Waals surface area (Å²) in [4.78, 5) is 4.10. The van der Waals surface area contributed by atoms with Gasteiger partial charge in [0.15, 0.2) is 0 Å². The first-order chi connectivity index (χ1) is 10.3. The van der Waals surface area contributed by atoms with E-state index < -0.39 is 0 Å². The molecule has 0 saturated heterocycles. The molecule has 1 aliphatic carbocycles. The Labute approximate surface area is 130 Å². The molecule has 0 heterocycles. The third kappa shape index (κ3) is 5.65. The van der Waals surface area contributed by atoms with Crippen molar-refractivity contribution in [1.82, 2.24) is 0 Å². The zero-order valence-corrected chi connectivity index (χ0v) is 13.7. The van der Waals surface area contributed by atoms with Crippen LogP contribution in [0.1, 0.15) is 63.0 Å². The molecule has 116 valence electrons. The summed E-state index contributed by atoms with van der Waals surface area (Å²) in [5.41, 5.74) is 2.99. The van der Waals surface area contributed by atoms with Gasteiger partial charge in [-0.1, -0.05) is 56.9 Å². The van der Waals surface area contributed by atoms with Crippen LogP contribution in [-0.4, -0.2) is 13.3 Å². The maximum atomic E-state index is 4.10. The van der Waals surface area contributed by atoms with Crippen LogP contribution in [0.3, 0.4) is 0 Å². The molecule has 1 aromatic carbocycles. The fourth-order valence-electron chi connectivity index (χ4n) is 3.78. The topological polar surface area (TPSA) is 12.4 Å². The lowest BCUT2D eigenvalue weighted by Crippen LogP contribution is -2.17. The highest BCUT2D eigenvalue weighted by atomic mass is 14.7. The lowest BCUT2D eigenvalue weighted by Gasteiger charge is -2.28. The molecule has 0 aliphatic heterocycles. The van der Waals surface area contributed by atoms with Gasteiger partial charge in [0.25, 0.3) is 0 Å². The predicted molar refractivity (Wildman–Crippen MR) is 93.2 cm³/mol. The molecule has 1 aliphatic rings. The lowest BCUT2D eigenvalue weighted by molar-refractivity contribution is 0.255. The van der Waals surface area contributed by atoms with E-state index in [0.717, 1.165) is 24.8 Å². The van der Waals surface area contributed by atoms with E-state index in [0.29, 0.717) is 0 Å². The van der Waals surface area contributed by atoms with Crippen LogP contribution in [0.4, 0.5) is 0 Å². The van der Waals surface area contributed by atoms with E-state index in [1.165, 1.54) is 62.5 Å². The van der Waals surface area contributed by atoms with Gasteiger partial charge in [0.1, 0.15) is 0 Å². The normalized spacial score (nSPS) is 22.1. The maximum Gasteiger partial charge on any atom is 0.0410 e. The van der Waals surface area contributed by atoms with Gasteiger partial charge in [0.05, 0.1) is 0 Å². The molecular weight excluding hydrogens is 254 g/mol. The Morgan fingerprint density at radius 3 is 2.76 bits per heavy atom. The average Bonchev–Trinajstić information content (AvgIpc) is 2.52. The molecule has 21 heavy (non-hydrogen) atoms. The first-order valence-corrected chi connectivity index (χ1v) is 8.82. The lowest BCUT2D eigenvalue weighted by atomic mass is 9.79. The molecule has 0 radical (unpaired) electrons. The van der Waals surface area contributed by atoms with Gasteiger partial charge < -0.3 is 4.99 Å². The number of nitrogens with zero attached hydrogens (tertiary/aromatic N) is 1. The van der Waals surface area contributed by atoms with Crippen molar-refractivity contribution < 1.29 is 0 Å². The van der Waals surface area contributed by atoms with Crippen LogP contribution in [-0.2, 0) is 12.8 Å². The molecule has 1 fully saturated rings. The molecule has 2 unspecified atom stereocenters. The van der Waals surface area contributed by atoms with E-state index in [1.807, 2.05) is 0 Å². The van der Waals surface area contributed by atoms with Crippen LogP contribution in [0, 0.1) is 11.8 Å². The van der Waals surface area contributed by atoms with E-state index in [9.17, 15) is 0 Å². The highest BCUT2D eigenvalue weighted by Gasteiger charge is 2.20. The molecule has 2 rings (SSSR count). The largest absolute Gasteiger partial charge is 0.301 e. The molecule has 0 amide bonds. The van der Waals surface area contributed by atoms with Crippen molar-refractivity contribution in [2.45, 2.75) is 64.7 Å². The maximum absolute atomic E-state index is 4.10. The van der Waals surface area contributed by atoms with Gasteiger partial charge in [-0.25, -0.2) is 0 Å². The van der Waals surface area contributed by atoms with Crippen LogP contribution in [0.5, 0.6) is 0 Å². The summed E-state index contributed by atoms with van der Waals surface area (Å²) in [6, 6.07) is 9.11. The Bertz CT molecular complexity index is 424. The van der Waals surface area contributed by atoms with E-state index in [1.54, 1.807) is 0 Å².